The fourth-order valence-corrected chi connectivity index (χ4v) is 4.40. The smallest absolute Gasteiger partial charge is 0.322 e. The predicted molar refractivity (Wildman–Crippen MR) is 128 cm³/mol. The molecule has 2 aromatic rings. The summed E-state index contributed by atoms with van der Waals surface area (Å²) >= 11 is 12.2. The van der Waals surface area contributed by atoms with Gasteiger partial charge in [-0.1, -0.05) is 41.8 Å². The van der Waals surface area contributed by atoms with E-state index in [-0.39, 0.29) is 6.03 Å². The Balaban J connectivity index is 1.66. The van der Waals surface area contributed by atoms with E-state index in [0.717, 1.165) is 30.8 Å². The number of ether oxygens (including phenoxy) is 1. The number of amides is 2. The molecule has 1 fully saturated rings. The van der Waals surface area contributed by atoms with Gasteiger partial charge in [0.25, 0.3) is 0 Å². The number of hydrogen-bond acceptors (Lipinski definition) is 3. The van der Waals surface area contributed by atoms with Crippen LogP contribution in [0.3, 0.4) is 0 Å². The highest BCUT2D eigenvalue weighted by molar-refractivity contribution is 6.36. The molecular formula is C24H31Cl2N3O2. The van der Waals surface area contributed by atoms with Crippen molar-refractivity contribution in [3.8, 4) is 5.75 Å². The molecule has 0 spiro atoms. The zero-order chi connectivity index (χ0) is 22.2. The summed E-state index contributed by atoms with van der Waals surface area (Å²) in [7, 11) is 1.65. The van der Waals surface area contributed by atoms with Gasteiger partial charge in [-0.15, -0.1) is 0 Å². The Labute approximate surface area is 195 Å². The third-order valence-corrected chi connectivity index (χ3v) is 6.35. The minimum atomic E-state index is -0.174. The van der Waals surface area contributed by atoms with Crippen molar-refractivity contribution in [3.05, 3.63) is 58.1 Å². The van der Waals surface area contributed by atoms with Gasteiger partial charge in [0.05, 0.1) is 17.8 Å². The van der Waals surface area contributed by atoms with Gasteiger partial charge in [-0.25, -0.2) is 4.79 Å². The number of carbonyl (C=O) groups excluding carboxylic acids is 1. The predicted octanol–water partition coefficient (Wildman–Crippen LogP) is 6.30. The molecule has 0 aromatic heterocycles. The molecule has 3 rings (SSSR count). The van der Waals surface area contributed by atoms with Gasteiger partial charge in [0, 0.05) is 30.7 Å². The quantitative estimate of drug-likeness (QED) is 0.499. The van der Waals surface area contributed by atoms with Gasteiger partial charge in [0.1, 0.15) is 5.75 Å². The topological polar surface area (TPSA) is 44.8 Å². The molecule has 5 nitrogen and oxygen atoms in total. The van der Waals surface area contributed by atoms with Crippen molar-refractivity contribution >= 4 is 34.9 Å². The number of piperidine rings is 1. The molecule has 1 aliphatic heterocycles. The van der Waals surface area contributed by atoms with Crippen LogP contribution in [-0.2, 0) is 6.54 Å². The summed E-state index contributed by atoms with van der Waals surface area (Å²) in [6.45, 7) is 5.61. The van der Waals surface area contributed by atoms with Crippen molar-refractivity contribution < 1.29 is 9.53 Å². The molecular weight excluding hydrogens is 433 g/mol. The maximum atomic E-state index is 13.1. The normalized spacial score (nSPS) is 16.7. The third kappa shape index (κ3) is 7.03. The number of rotatable bonds is 8. The van der Waals surface area contributed by atoms with Crippen LogP contribution in [0.25, 0.3) is 0 Å². The van der Waals surface area contributed by atoms with Gasteiger partial charge in [0.2, 0.25) is 0 Å². The summed E-state index contributed by atoms with van der Waals surface area (Å²) < 4.78 is 5.24. The van der Waals surface area contributed by atoms with E-state index in [9.17, 15) is 4.79 Å². The lowest BCUT2D eigenvalue weighted by Gasteiger charge is -2.34. The van der Waals surface area contributed by atoms with Crippen molar-refractivity contribution in [2.24, 2.45) is 0 Å². The number of hydrogen-bond donors (Lipinski definition) is 1. The third-order valence-electron chi connectivity index (χ3n) is 5.81. The van der Waals surface area contributed by atoms with E-state index < -0.39 is 0 Å². The Kier molecular flexibility index (Phi) is 8.88. The van der Waals surface area contributed by atoms with Crippen molar-refractivity contribution in [1.82, 2.24) is 9.80 Å². The number of benzene rings is 2. The average Bonchev–Trinajstić information content (AvgIpc) is 2.76. The van der Waals surface area contributed by atoms with Crippen LogP contribution in [0.15, 0.2) is 42.5 Å². The van der Waals surface area contributed by atoms with Gasteiger partial charge >= 0.3 is 6.03 Å². The van der Waals surface area contributed by atoms with Gasteiger partial charge in [0.15, 0.2) is 0 Å². The first-order chi connectivity index (χ1) is 15.0. The number of carbonyl (C=O) groups is 1. The Bertz CT molecular complexity index is 860. The zero-order valence-corrected chi connectivity index (χ0v) is 19.8. The highest BCUT2D eigenvalue weighted by Crippen LogP contribution is 2.26. The van der Waals surface area contributed by atoms with Crippen LogP contribution in [0.5, 0.6) is 5.75 Å². The summed E-state index contributed by atoms with van der Waals surface area (Å²) in [4.78, 5) is 17.5. The fraction of sp³-hybridized carbons (Fsp3) is 0.458. The lowest BCUT2D eigenvalue weighted by molar-refractivity contribution is 0.150. The summed E-state index contributed by atoms with van der Waals surface area (Å²) in [5, 5.41) is 3.90. The van der Waals surface area contributed by atoms with Crippen LogP contribution in [0.1, 0.15) is 38.2 Å². The van der Waals surface area contributed by atoms with Crippen molar-refractivity contribution in [2.45, 2.75) is 45.2 Å². The molecule has 1 N–H and O–H groups in total. The van der Waals surface area contributed by atoms with E-state index in [1.54, 1.807) is 25.3 Å². The van der Waals surface area contributed by atoms with Crippen molar-refractivity contribution in [1.29, 1.82) is 0 Å². The maximum Gasteiger partial charge on any atom is 0.322 e. The molecule has 2 amide bonds. The second-order valence-corrected chi connectivity index (χ2v) is 8.90. The van der Waals surface area contributed by atoms with Gasteiger partial charge in [-0.05, 0) is 68.6 Å². The second-order valence-electron chi connectivity index (χ2n) is 8.06. The zero-order valence-electron chi connectivity index (χ0n) is 18.2. The minimum Gasteiger partial charge on any atom is -0.497 e. The van der Waals surface area contributed by atoms with Gasteiger partial charge in [-0.2, -0.15) is 0 Å². The van der Waals surface area contributed by atoms with E-state index in [2.05, 4.69) is 17.1 Å². The largest absolute Gasteiger partial charge is 0.497 e. The summed E-state index contributed by atoms with van der Waals surface area (Å²) in [6.07, 6.45) is 4.74. The molecule has 1 atom stereocenters. The Morgan fingerprint density at radius 2 is 1.97 bits per heavy atom. The summed E-state index contributed by atoms with van der Waals surface area (Å²) in [5.74, 6) is 0.798. The highest BCUT2D eigenvalue weighted by atomic mass is 35.5. The Morgan fingerprint density at radius 3 is 2.65 bits per heavy atom. The van der Waals surface area contributed by atoms with Crippen LogP contribution in [0.2, 0.25) is 10.0 Å². The molecule has 0 bridgehead atoms. The number of halogens is 2. The molecule has 2 aromatic carbocycles. The van der Waals surface area contributed by atoms with Crippen LogP contribution in [-0.4, -0.2) is 48.6 Å². The number of nitrogens with zero attached hydrogens (tertiary/aromatic N) is 2. The number of likely N-dealkylation sites (tertiary alicyclic amines) is 1. The molecule has 0 saturated carbocycles. The monoisotopic (exact) mass is 463 g/mol. The Hall–Kier alpha value is -1.95. The second kappa shape index (κ2) is 11.6. The summed E-state index contributed by atoms with van der Waals surface area (Å²) in [6, 6.07) is 13.3. The molecule has 1 unspecified atom stereocenters. The maximum absolute atomic E-state index is 13.1. The number of nitrogens with one attached hydrogen (secondary N) is 1. The van der Waals surface area contributed by atoms with Crippen LogP contribution < -0.4 is 10.1 Å². The molecule has 1 aliphatic rings. The lowest BCUT2D eigenvalue weighted by Crippen LogP contribution is -2.40. The van der Waals surface area contributed by atoms with Gasteiger partial charge < -0.3 is 19.9 Å². The standard InChI is InChI=1S/C24H31Cl2N3O2/c1-18-6-3-4-13-28(18)14-5-15-29(17-19-7-10-21(31-2)11-8-19)24(30)27-23-12-9-20(25)16-22(23)26/h7-12,16,18H,3-6,13-15,17H2,1-2H3,(H,27,30). The SMILES string of the molecule is COc1ccc(CN(CCCN2CCCCC2C)C(=O)Nc2ccc(Cl)cc2Cl)cc1. The van der Waals surface area contributed by atoms with Crippen molar-refractivity contribution in [3.63, 3.8) is 0 Å². The number of urea groups is 1. The first-order valence-corrected chi connectivity index (χ1v) is 11.6. The molecule has 1 saturated heterocycles. The van der Waals surface area contributed by atoms with Crippen LogP contribution >= 0.6 is 23.2 Å². The summed E-state index contributed by atoms with van der Waals surface area (Å²) in [5.41, 5.74) is 1.60. The van der Waals surface area contributed by atoms with E-state index in [0.29, 0.717) is 34.9 Å². The Morgan fingerprint density at radius 1 is 1.19 bits per heavy atom. The van der Waals surface area contributed by atoms with E-state index >= 15 is 0 Å². The van der Waals surface area contributed by atoms with E-state index in [1.807, 2.05) is 29.2 Å². The van der Waals surface area contributed by atoms with E-state index in [1.165, 1.54) is 19.3 Å². The number of methoxy groups -OCH3 is 1. The van der Waals surface area contributed by atoms with Gasteiger partial charge in [-0.3, -0.25) is 0 Å². The van der Waals surface area contributed by atoms with Crippen LogP contribution in [0, 0.1) is 0 Å². The highest BCUT2D eigenvalue weighted by Gasteiger charge is 2.20. The molecule has 7 heteroatoms. The molecule has 0 radical (unpaired) electrons. The molecule has 1 heterocycles. The first kappa shape index (κ1) is 23.7. The average molecular weight is 464 g/mol. The fourth-order valence-electron chi connectivity index (χ4n) is 3.94. The first-order valence-electron chi connectivity index (χ1n) is 10.8. The lowest BCUT2D eigenvalue weighted by atomic mass is 10.0. The molecule has 0 aliphatic carbocycles. The molecule has 168 valence electrons. The number of anilines is 1. The minimum absolute atomic E-state index is 0.174. The van der Waals surface area contributed by atoms with Crippen molar-refractivity contribution in [2.75, 3.05) is 32.1 Å². The van der Waals surface area contributed by atoms with E-state index in [4.69, 9.17) is 27.9 Å². The van der Waals surface area contributed by atoms with Crippen LogP contribution in [0.4, 0.5) is 10.5 Å². The molecule has 31 heavy (non-hydrogen) atoms.